The molecule has 66 valence electrons. The van der Waals surface area contributed by atoms with Crippen molar-refractivity contribution in [1.29, 1.82) is 0 Å². The molecule has 0 bridgehead atoms. The molecule has 0 aliphatic rings. The van der Waals surface area contributed by atoms with Gasteiger partial charge in [0.25, 0.3) is 0 Å². The fourth-order valence-corrected chi connectivity index (χ4v) is 0.825. The summed E-state index contributed by atoms with van der Waals surface area (Å²) in [7, 11) is 0. The highest BCUT2D eigenvalue weighted by Gasteiger charge is 2.32. The Morgan fingerprint density at radius 1 is 1.17 bits per heavy atom. The van der Waals surface area contributed by atoms with Gasteiger partial charge in [0.15, 0.2) is 0 Å². The largest absolute Gasteiger partial charge is 0.433 e. The first kappa shape index (κ1) is 9.61. The highest BCUT2D eigenvalue weighted by Crippen LogP contribution is 2.31. The summed E-state index contributed by atoms with van der Waals surface area (Å²) >= 11 is 10.7. The third-order valence-electron chi connectivity index (χ3n) is 1.10. The van der Waals surface area contributed by atoms with Gasteiger partial charge >= 0.3 is 6.18 Å². The maximum Gasteiger partial charge on any atom is 0.433 e. The standard InChI is InChI=1S/C6H2Cl2F3N/c7-3-1-5(6(9,10)11)12-2-4(3)8/h1-2H. The number of pyridine rings is 1. The molecule has 1 heterocycles. The monoisotopic (exact) mass is 215 g/mol. The van der Waals surface area contributed by atoms with E-state index in [1.165, 1.54) is 0 Å². The first-order chi connectivity index (χ1) is 5.41. The van der Waals surface area contributed by atoms with Crippen LogP contribution in [0.5, 0.6) is 0 Å². The van der Waals surface area contributed by atoms with E-state index in [0.29, 0.717) is 6.07 Å². The van der Waals surface area contributed by atoms with Crippen molar-refractivity contribution in [2.24, 2.45) is 0 Å². The van der Waals surface area contributed by atoms with E-state index in [2.05, 4.69) is 4.98 Å². The predicted octanol–water partition coefficient (Wildman–Crippen LogP) is 3.41. The average molecular weight is 216 g/mol. The molecule has 0 aliphatic carbocycles. The van der Waals surface area contributed by atoms with Crippen molar-refractivity contribution in [3.05, 3.63) is 28.0 Å². The first-order valence-corrected chi connectivity index (χ1v) is 3.55. The van der Waals surface area contributed by atoms with E-state index in [4.69, 9.17) is 23.2 Å². The summed E-state index contributed by atoms with van der Waals surface area (Å²) in [5, 5.41) is -0.149. The molecule has 0 aliphatic heterocycles. The van der Waals surface area contributed by atoms with Gasteiger partial charge in [-0.05, 0) is 6.07 Å². The Kier molecular flexibility index (Phi) is 2.49. The number of rotatable bonds is 0. The minimum absolute atomic E-state index is 0.00432. The summed E-state index contributed by atoms with van der Waals surface area (Å²) in [5.74, 6) is 0. The second-order valence-corrected chi connectivity index (χ2v) is 2.80. The number of nitrogens with zero attached hydrogens (tertiary/aromatic N) is 1. The number of aromatic nitrogens is 1. The van der Waals surface area contributed by atoms with Crippen molar-refractivity contribution in [2.75, 3.05) is 0 Å². The van der Waals surface area contributed by atoms with Gasteiger partial charge in [-0.15, -0.1) is 0 Å². The predicted molar refractivity (Wildman–Crippen MR) is 39.3 cm³/mol. The lowest BCUT2D eigenvalue weighted by molar-refractivity contribution is -0.141. The topological polar surface area (TPSA) is 12.9 Å². The molecule has 12 heavy (non-hydrogen) atoms. The Morgan fingerprint density at radius 3 is 2.17 bits per heavy atom. The van der Waals surface area contributed by atoms with E-state index in [9.17, 15) is 13.2 Å². The molecular weight excluding hydrogens is 214 g/mol. The van der Waals surface area contributed by atoms with E-state index in [1.807, 2.05) is 0 Å². The van der Waals surface area contributed by atoms with Crippen molar-refractivity contribution >= 4 is 23.2 Å². The van der Waals surface area contributed by atoms with Crippen molar-refractivity contribution in [1.82, 2.24) is 4.98 Å². The van der Waals surface area contributed by atoms with Crippen LogP contribution in [0, 0.1) is 0 Å². The second-order valence-electron chi connectivity index (χ2n) is 1.98. The molecule has 1 aromatic rings. The molecule has 0 saturated heterocycles. The molecule has 1 rings (SSSR count). The van der Waals surface area contributed by atoms with Crippen molar-refractivity contribution < 1.29 is 13.2 Å². The quantitative estimate of drug-likeness (QED) is 0.647. The van der Waals surface area contributed by atoms with Crippen LogP contribution in [0.4, 0.5) is 13.2 Å². The van der Waals surface area contributed by atoms with E-state index < -0.39 is 11.9 Å². The summed E-state index contributed by atoms with van der Waals surface area (Å²) in [4.78, 5) is 3.07. The molecule has 0 amide bonds. The summed E-state index contributed by atoms with van der Waals surface area (Å²) in [6.45, 7) is 0. The van der Waals surface area contributed by atoms with Gasteiger partial charge in [0.05, 0.1) is 10.0 Å². The second kappa shape index (κ2) is 3.11. The molecule has 0 unspecified atom stereocenters. The molecule has 0 spiro atoms. The normalized spacial score (nSPS) is 11.8. The lowest BCUT2D eigenvalue weighted by Crippen LogP contribution is -2.07. The van der Waals surface area contributed by atoms with Gasteiger partial charge in [-0.2, -0.15) is 13.2 Å². The maximum absolute atomic E-state index is 11.9. The van der Waals surface area contributed by atoms with E-state index >= 15 is 0 Å². The summed E-state index contributed by atoms with van der Waals surface area (Å²) in [6.07, 6.45) is -3.61. The third kappa shape index (κ3) is 2.01. The lowest BCUT2D eigenvalue weighted by atomic mass is 10.3. The van der Waals surface area contributed by atoms with Crippen LogP contribution in [0.3, 0.4) is 0 Å². The average Bonchev–Trinajstić information content (AvgIpc) is 1.92. The molecule has 0 N–H and O–H groups in total. The smallest absolute Gasteiger partial charge is 0.250 e. The number of hydrogen-bond acceptors (Lipinski definition) is 1. The van der Waals surface area contributed by atoms with Gasteiger partial charge in [-0.25, -0.2) is 0 Å². The minimum Gasteiger partial charge on any atom is -0.250 e. The Bertz CT molecular complexity index is 297. The van der Waals surface area contributed by atoms with Crippen molar-refractivity contribution in [2.45, 2.75) is 6.18 Å². The number of hydrogen-bond donors (Lipinski definition) is 0. The molecule has 0 fully saturated rings. The summed E-state index contributed by atoms with van der Waals surface area (Å²) in [6, 6.07) is 0.684. The van der Waals surface area contributed by atoms with Crippen molar-refractivity contribution in [3.63, 3.8) is 0 Å². The Morgan fingerprint density at radius 2 is 1.75 bits per heavy atom. The minimum atomic E-state index is -4.48. The molecule has 6 heteroatoms. The molecular formula is C6H2Cl2F3N. The molecule has 0 radical (unpaired) electrons. The van der Waals surface area contributed by atoms with Crippen LogP contribution >= 0.6 is 23.2 Å². The molecule has 0 saturated carbocycles. The Labute approximate surface area is 76.1 Å². The van der Waals surface area contributed by atoms with Gasteiger partial charge in [0.2, 0.25) is 0 Å². The van der Waals surface area contributed by atoms with Crippen LogP contribution in [0.2, 0.25) is 10.0 Å². The van der Waals surface area contributed by atoms with Crippen LogP contribution < -0.4 is 0 Å². The summed E-state index contributed by atoms with van der Waals surface area (Å²) < 4.78 is 35.8. The number of halogens is 5. The van der Waals surface area contributed by atoms with Crippen LogP contribution in [0.1, 0.15) is 5.69 Å². The number of alkyl halides is 3. The highest BCUT2D eigenvalue weighted by atomic mass is 35.5. The van der Waals surface area contributed by atoms with Crippen LogP contribution in [-0.2, 0) is 6.18 Å². The highest BCUT2D eigenvalue weighted by molar-refractivity contribution is 6.41. The lowest BCUT2D eigenvalue weighted by Gasteiger charge is -2.05. The van der Waals surface area contributed by atoms with Crippen molar-refractivity contribution in [3.8, 4) is 0 Å². The fraction of sp³-hybridized carbons (Fsp3) is 0.167. The van der Waals surface area contributed by atoms with E-state index in [0.717, 1.165) is 6.20 Å². The van der Waals surface area contributed by atoms with E-state index in [1.54, 1.807) is 0 Å². The van der Waals surface area contributed by atoms with E-state index in [-0.39, 0.29) is 10.0 Å². The zero-order valence-corrected chi connectivity index (χ0v) is 7.00. The molecule has 1 nitrogen and oxygen atoms in total. The zero-order valence-electron chi connectivity index (χ0n) is 5.49. The van der Waals surface area contributed by atoms with Crippen LogP contribution in [-0.4, -0.2) is 4.98 Å². The maximum atomic E-state index is 11.9. The zero-order chi connectivity index (χ0) is 9.35. The molecule has 1 aromatic heterocycles. The Hall–Kier alpha value is -0.480. The summed E-state index contributed by atoms with van der Waals surface area (Å²) in [5.41, 5.74) is -1.04. The van der Waals surface area contributed by atoms with Crippen LogP contribution in [0.25, 0.3) is 0 Å². The van der Waals surface area contributed by atoms with Crippen LogP contribution in [0.15, 0.2) is 12.3 Å². The third-order valence-corrected chi connectivity index (χ3v) is 1.81. The first-order valence-electron chi connectivity index (χ1n) is 2.79. The SMILES string of the molecule is FC(F)(F)c1cc(Cl)c(Cl)cn1. The molecule has 0 aromatic carbocycles. The fourth-order valence-electron chi connectivity index (χ4n) is 0.569. The van der Waals surface area contributed by atoms with Gasteiger partial charge in [0.1, 0.15) is 5.69 Å². The van der Waals surface area contributed by atoms with Gasteiger partial charge in [-0.1, -0.05) is 23.2 Å². The van der Waals surface area contributed by atoms with Gasteiger partial charge in [-0.3, -0.25) is 4.98 Å². The van der Waals surface area contributed by atoms with Gasteiger partial charge in [0, 0.05) is 6.20 Å². The molecule has 0 atom stereocenters. The van der Waals surface area contributed by atoms with Gasteiger partial charge < -0.3 is 0 Å². The Balaban J connectivity index is 3.14.